The van der Waals surface area contributed by atoms with E-state index in [1.54, 1.807) is 0 Å². The molecule has 4 heterocycles. The third kappa shape index (κ3) is 2.37. The van der Waals surface area contributed by atoms with Crippen molar-refractivity contribution in [3.63, 3.8) is 0 Å². The van der Waals surface area contributed by atoms with Crippen molar-refractivity contribution in [3.05, 3.63) is 36.4 Å². The van der Waals surface area contributed by atoms with Gasteiger partial charge in [0.25, 0.3) is 0 Å². The van der Waals surface area contributed by atoms with Crippen LogP contribution in [0.1, 0.15) is 6.92 Å². The van der Waals surface area contributed by atoms with Crippen LogP contribution in [0.3, 0.4) is 0 Å². The maximum atomic E-state index is 13.0. The highest BCUT2D eigenvalue weighted by molar-refractivity contribution is 7.89. The fraction of sp³-hybridized carbons (Fsp3) is 0.474. The van der Waals surface area contributed by atoms with Crippen LogP contribution in [0.25, 0.3) is 0 Å². The Labute approximate surface area is 162 Å². The van der Waals surface area contributed by atoms with E-state index in [0.717, 1.165) is 0 Å². The number of anilines is 1. The Morgan fingerprint density at radius 1 is 1.07 bits per heavy atom. The molecule has 4 aliphatic rings. The largest absolute Gasteiger partial charge is 0.379 e. The molecule has 0 aliphatic carbocycles. The van der Waals surface area contributed by atoms with Crippen molar-refractivity contribution < 1.29 is 27.5 Å². The molecule has 2 amide bonds. The number of morpholine rings is 1. The van der Waals surface area contributed by atoms with Gasteiger partial charge in [0, 0.05) is 13.1 Å². The molecular weight excluding hydrogens is 384 g/mol. The highest BCUT2D eigenvalue weighted by Gasteiger charge is 2.66. The van der Waals surface area contributed by atoms with Crippen LogP contribution in [-0.4, -0.2) is 62.5 Å². The van der Waals surface area contributed by atoms with Crippen LogP contribution in [-0.2, 0) is 29.1 Å². The summed E-state index contributed by atoms with van der Waals surface area (Å²) in [5, 5.41) is 0. The van der Waals surface area contributed by atoms with Gasteiger partial charge in [0.2, 0.25) is 21.8 Å². The minimum absolute atomic E-state index is 0.134. The van der Waals surface area contributed by atoms with Crippen molar-refractivity contribution in [3.8, 4) is 0 Å². The zero-order valence-corrected chi connectivity index (χ0v) is 16.1. The number of imide groups is 1. The Hall–Kier alpha value is -2.07. The molecule has 0 saturated carbocycles. The van der Waals surface area contributed by atoms with E-state index < -0.39 is 27.5 Å². The van der Waals surface area contributed by atoms with Gasteiger partial charge >= 0.3 is 0 Å². The Morgan fingerprint density at radius 2 is 1.75 bits per heavy atom. The molecule has 0 spiro atoms. The summed E-state index contributed by atoms with van der Waals surface area (Å²) in [5.74, 6) is -1.64. The van der Waals surface area contributed by atoms with Crippen LogP contribution in [0, 0.1) is 11.8 Å². The quantitative estimate of drug-likeness (QED) is 0.539. The minimum atomic E-state index is -3.63. The normalized spacial score (nSPS) is 35.0. The van der Waals surface area contributed by atoms with Gasteiger partial charge in [-0.3, -0.25) is 9.59 Å². The lowest BCUT2D eigenvalue weighted by molar-refractivity contribution is -0.126. The maximum Gasteiger partial charge on any atom is 0.243 e. The summed E-state index contributed by atoms with van der Waals surface area (Å²) in [6.45, 7) is 3.17. The molecule has 0 radical (unpaired) electrons. The zero-order chi connectivity index (χ0) is 19.7. The van der Waals surface area contributed by atoms with Crippen molar-refractivity contribution >= 4 is 27.5 Å². The Kier molecular flexibility index (Phi) is 3.83. The maximum absolute atomic E-state index is 13.0. The molecule has 2 bridgehead atoms. The number of rotatable bonds is 3. The van der Waals surface area contributed by atoms with Crippen molar-refractivity contribution in [1.82, 2.24) is 4.31 Å². The van der Waals surface area contributed by atoms with Crippen molar-refractivity contribution in [2.24, 2.45) is 11.8 Å². The van der Waals surface area contributed by atoms with Crippen molar-refractivity contribution in [1.29, 1.82) is 0 Å². The van der Waals surface area contributed by atoms with Crippen molar-refractivity contribution in [2.75, 3.05) is 31.2 Å². The van der Waals surface area contributed by atoms with E-state index in [4.69, 9.17) is 9.47 Å². The lowest BCUT2D eigenvalue weighted by atomic mass is 9.78. The number of benzene rings is 1. The monoisotopic (exact) mass is 404 g/mol. The summed E-state index contributed by atoms with van der Waals surface area (Å²) < 4.78 is 37.9. The van der Waals surface area contributed by atoms with Gasteiger partial charge in [-0.05, 0) is 31.2 Å². The van der Waals surface area contributed by atoms with Gasteiger partial charge in [0.1, 0.15) is 0 Å². The van der Waals surface area contributed by atoms with Crippen LogP contribution in [0.4, 0.5) is 5.69 Å². The van der Waals surface area contributed by atoms with E-state index in [0.29, 0.717) is 32.0 Å². The predicted octanol–water partition coefficient (Wildman–Crippen LogP) is 0.540. The third-order valence-corrected chi connectivity index (χ3v) is 7.95. The van der Waals surface area contributed by atoms with Gasteiger partial charge in [0.15, 0.2) is 0 Å². The molecule has 0 aromatic heterocycles. The molecule has 28 heavy (non-hydrogen) atoms. The predicted molar refractivity (Wildman–Crippen MR) is 97.9 cm³/mol. The van der Waals surface area contributed by atoms with Crippen LogP contribution in [0.15, 0.2) is 41.3 Å². The van der Waals surface area contributed by atoms with E-state index in [2.05, 4.69) is 0 Å². The second-order valence-electron chi connectivity index (χ2n) is 7.65. The first-order valence-corrected chi connectivity index (χ1v) is 10.7. The van der Waals surface area contributed by atoms with Crippen LogP contribution in [0.5, 0.6) is 0 Å². The number of ether oxygens (including phenoxy) is 2. The number of amides is 2. The summed E-state index contributed by atoms with van der Waals surface area (Å²) in [5.41, 5.74) is -0.371. The van der Waals surface area contributed by atoms with Gasteiger partial charge in [-0.15, -0.1) is 0 Å². The Bertz CT molecular complexity index is 982. The number of carbonyl (C=O) groups excluding carboxylic acids is 2. The number of hydrogen-bond acceptors (Lipinski definition) is 6. The third-order valence-electron chi connectivity index (χ3n) is 6.03. The molecule has 3 saturated heterocycles. The molecule has 148 valence electrons. The SMILES string of the molecule is C[C@@]12C=C[C@@H](O1)[C@H]1C(=O)N(c3ccc(S(=O)(=O)N4CCOCC4)cc3)C(=O)[C@H]12. The van der Waals surface area contributed by atoms with Crippen LogP contribution in [0.2, 0.25) is 0 Å². The highest BCUT2D eigenvalue weighted by Crippen LogP contribution is 2.52. The van der Waals surface area contributed by atoms with E-state index in [-0.39, 0.29) is 22.8 Å². The average Bonchev–Trinajstić information content (AvgIpc) is 3.31. The van der Waals surface area contributed by atoms with Crippen LogP contribution >= 0.6 is 0 Å². The lowest BCUT2D eigenvalue weighted by Gasteiger charge is -2.26. The minimum Gasteiger partial charge on any atom is -0.379 e. The standard InChI is InChI=1S/C19H20N2O6S/c1-19-7-6-14(27-19)15-16(19)18(23)21(17(15)22)12-2-4-13(5-3-12)28(24,25)20-8-10-26-11-9-20/h2-7,14-16H,8-11H2,1H3/t14-,15-,16+,19+/m1/s1. The molecule has 3 fully saturated rings. The molecule has 4 atom stereocenters. The van der Waals surface area contributed by atoms with E-state index in [1.165, 1.54) is 33.5 Å². The summed E-state index contributed by atoms with van der Waals surface area (Å²) >= 11 is 0. The first-order chi connectivity index (χ1) is 13.3. The average molecular weight is 404 g/mol. The number of nitrogens with zero attached hydrogens (tertiary/aromatic N) is 2. The Morgan fingerprint density at radius 3 is 2.39 bits per heavy atom. The van der Waals surface area contributed by atoms with Gasteiger partial charge in [-0.2, -0.15) is 4.31 Å². The highest BCUT2D eigenvalue weighted by atomic mass is 32.2. The molecule has 8 nitrogen and oxygen atoms in total. The second-order valence-corrected chi connectivity index (χ2v) is 9.59. The zero-order valence-electron chi connectivity index (χ0n) is 15.3. The fourth-order valence-electron chi connectivity index (χ4n) is 4.61. The Balaban J connectivity index is 1.43. The molecule has 0 unspecified atom stereocenters. The molecule has 1 aromatic carbocycles. The number of sulfonamides is 1. The summed E-state index contributed by atoms with van der Waals surface area (Å²) in [6.07, 6.45) is 3.32. The van der Waals surface area contributed by atoms with E-state index >= 15 is 0 Å². The van der Waals surface area contributed by atoms with Gasteiger partial charge in [-0.25, -0.2) is 13.3 Å². The molecule has 5 rings (SSSR count). The van der Waals surface area contributed by atoms with E-state index in [9.17, 15) is 18.0 Å². The summed E-state index contributed by atoms with van der Waals surface area (Å²) in [7, 11) is -3.63. The second kappa shape index (κ2) is 5.96. The summed E-state index contributed by atoms with van der Waals surface area (Å²) in [6, 6.07) is 5.92. The molecular formula is C19H20N2O6S. The van der Waals surface area contributed by atoms with Crippen LogP contribution < -0.4 is 4.90 Å². The molecule has 1 aromatic rings. The first kappa shape index (κ1) is 18.0. The van der Waals surface area contributed by atoms with Gasteiger partial charge in [-0.1, -0.05) is 12.2 Å². The summed E-state index contributed by atoms with van der Waals surface area (Å²) in [4.78, 5) is 27.2. The molecule has 9 heteroatoms. The molecule has 0 N–H and O–H groups in total. The van der Waals surface area contributed by atoms with E-state index in [1.807, 2.05) is 19.1 Å². The van der Waals surface area contributed by atoms with Gasteiger partial charge in [0.05, 0.1) is 47.3 Å². The fourth-order valence-corrected chi connectivity index (χ4v) is 6.02. The van der Waals surface area contributed by atoms with Gasteiger partial charge < -0.3 is 9.47 Å². The first-order valence-electron chi connectivity index (χ1n) is 9.26. The number of carbonyl (C=O) groups is 2. The number of hydrogen-bond donors (Lipinski definition) is 0. The topological polar surface area (TPSA) is 93.2 Å². The molecule has 4 aliphatic heterocycles. The van der Waals surface area contributed by atoms with Crippen molar-refractivity contribution in [2.45, 2.75) is 23.5 Å². The smallest absolute Gasteiger partial charge is 0.243 e. The lowest BCUT2D eigenvalue weighted by Crippen LogP contribution is -2.40. The number of fused-ring (bicyclic) bond motifs is 5.